The normalized spacial score (nSPS) is 8.79. The lowest BCUT2D eigenvalue weighted by Gasteiger charge is -2.02. The van der Waals surface area contributed by atoms with Gasteiger partial charge in [-0.25, -0.2) is 9.59 Å². The average Bonchev–Trinajstić information content (AvgIpc) is 2.08. The third-order valence-electron chi connectivity index (χ3n) is 1.02. The standard InChI is InChI=1S/C9H13NO4/c1-7(2)6-14-8(11)4-3-5-13-9(10)12/h7H,5-6H2,1-2H3,(H2,10,12). The van der Waals surface area contributed by atoms with E-state index >= 15 is 0 Å². The van der Waals surface area contributed by atoms with Crippen molar-refractivity contribution in [1.82, 2.24) is 0 Å². The van der Waals surface area contributed by atoms with Crippen molar-refractivity contribution in [3.8, 4) is 11.8 Å². The molecule has 0 aliphatic rings. The Balaban J connectivity index is 3.65. The molecule has 0 bridgehead atoms. The molecule has 0 unspecified atom stereocenters. The molecule has 0 radical (unpaired) electrons. The Morgan fingerprint density at radius 3 is 2.50 bits per heavy atom. The summed E-state index contributed by atoms with van der Waals surface area (Å²) in [6.07, 6.45) is -0.921. The van der Waals surface area contributed by atoms with E-state index in [2.05, 4.69) is 22.3 Å². The van der Waals surface area contributed by atoms with Gasteiger partial charge in [0, 0.05) is 5.92 Å². The fourth-order valence-corrected chi connectivity index (χ4v) is 0.494. The van der Waals surface area contributed by atoms with Crippen LogP contribution in [0.15, 0.2) is 0 Å². The predicted octanol–water partition coefficient (Wildman–Crippen LogP) is 0.284. The van der Waals surface area contributed by atoms with Gasteiger partial charge in [0.2, 0.25) is 0 Å². The molecular formula is C9H13NO4. The van der Waals surface area contributed by atoms with Crippen LogP contribution in [0.25, 0.3) is 0 Å². The largest absolute Gasteiger partial charge is 0.456 e. The highest BCUT2D eigenvalue weighted by Gasteiger charge is 1.98. The summed E-state index contributed by atoms with van der Waals surface area (Å²) >= 11 is 0. The molecule has 0 spiro atoms. The number of rotatable bonds is 3. The maximum Gasteiger partial charge on any atom is 0.405 e. The molecular weight excluding hydrogens is 186 g/mol. The minimum atomic E-state index is -0.921. The summed E-state index contributed by atoms with van der Waals surface area (Å²) in [5.74, 6) is 4.08. The number of esters is 1. The summed E-state index contributed by atoms with van der Waals surface area (Å²) in [5, 5.41) is 0. The van der Waals surface area contributed by atoms with Crippen LogP contribution in [0.2, 0.25) is 0 Å². The highest BCUT2D eigenvalue weighted by Crippen LogP contribution is 1.91. The second-order valence-electron chi connectivity index (χ2n) is 2.90. The SMILES string of the molecule is CC(C)COC(=O)C#CCOC(N)=O. The lowest BCUT2D eigenvalue weighted by Crippen LogP contribution is -2.13. The zero-order valence-electron chi connectivity index (χ0n) is 8.20. The van der Waals surface area contributed by atoms with Crippen molar-refractivity contribution in [3.05, 3.63) is 0 Å². The Morgan fingerprint density at radius 1 is 1.36 bits per heavy atom. The van der Waals surface area contributed by atoms with E-state index in [0.717, 1.165) is 0 Å². The molecule has 0 aromatic rings. The summed E-state index contributed by atoms with van der Waals surface area (Å²) in [6.45, 7) is 3.95. The minimum absolute atomic E-state index is 0.202. The molecule has 0 heterocycles. The van der Waals surface area contributed by atoms with E-state index in [1.165, 1.54) is 0 Å². The molecule has 0 rings (SSSR count). The van der Waals surface area contributed by atoms with Crippen molar-refractivity contribution in [1.29, 1.82) is 0 Å². The van der Waals surface area contributed by atoms with Gasteiger partial charge in [-0.15, -0.1) is 0 Å². The number of primary amides is 1. The molecule has 0 saturated carbocycles. The fourth-order valence-electron chi connectivity index (χ4n) is 0.494. The predicted molar refractivity (Wildman–Crippen MR) is 49.1 cm³/mol. The van der Waals surface area contributed by atoms with Crippen molar-refractivity contribution >= 4 is 12.1 Å². The Hall–Kier alpha value is -1.70. The van der Waals surface area contributed by atoms with E-state index in [9.17, 15) is 9.59 Å². The number of carbonyl (C=O) groups is 2. The maximum absolute atomic E-state index is 10.8. The van der Waals surface area contributed by atoms with Gasteiger partial charge >= 0.3 is 12.1 Å². The van der Waals surface area contributed by atoms with Gasteiger partial charge in [-0.1, -0.05) is 13.8 Å². The van der Waals surface area contributed by atoms with Gasteiger partial charge in [0.1, 0.15) is 0 Å². The average molecular weight is 199 g/mol. The first-order valence-corrected chi connectivity index (χ1v) is 4.10. The fraction of sp³-hybridized carbons (Fsp3) is 0.556. The number of carbonyl (C=O) groups excluding carboxylic acids is 2. The Bertz CT molecular complexity index is 262. The molecule has 0 aliphatic heterocycles. The van der Waals surface area contributed by atoms with Crippen LogP contribution < -0.4 is 5.73 Å². The quantitative estimate of drug-likeness (QED) is 0.402. The molecule has 78 valence electrons. The lowest BCUT2D eigenvalue weighted by molar-refractivity contribution is -0.137. The Morgan fingerprint density at radius 2 is 2.00 bits per heavy atom. The highest BCUT2D eigenvalue weighted by atomic mass is 16.5. The molecule has 0 atom stereocenters. The summed E-state index contributed by atoms with van der Waals surface area (Å²) in [5.41, 5.74) is 4.66. The topological polar surface area (TPSA) is 78.6 Å². The van der Waals surface area contributed by atoms with Gasteiger partial charge in [0.25, 0.3) is 0 Å². The minimum Gasteiger partial charge on any atom is -0.456 e. The molecule has 0 saturated heterocycles. The Labute approximate surface area is 82.5 Å². The molecule has 0 aliphatic carbocycles. The maximum atomic E-state index is 10.8. The van der Waals surface area contributed by atoms with E-state index < -0.39 is 12.1 Å². The third-order valence-corrected chi connectivity index (χ3v) is 1.02. The van der Waals surface area contributed by atoms with Crippen molar-refractivity contribution in [2.24, 2.45) is 11.7 Å². The van der Waals surface area contributed by atoms with Gasteiger partial charge in [-0.2, -0.15) is 0 Å². The van der Waals surface area contributed by atoms with Crippen LogP contribution in [-0.4, -0.2) is 25.3 Å². The van der Waals surface area contributed by atoms with Crippen LogP contribution in [0.3, 0.4) is 0 Å². The number of nitrogens with two attached hydrogens (primary N) is 1. The van der Waals surface area contributed by atoms with Crippen LogP contribution in [0.4, 0.5) is 4.79 Å². The number of hydrogen-bond donors (Lipinski definition) is 1. The molecule has 5 heteroatoms. The molecule has 0 aromatic carbocycles. The van der Waals surface area contributed by atoms with Gasteiger partial charge in [-0.05, 0) is 11.8 Å². The Kier molecular flexibility index (Phi) is 5.95. The van der Waals surface area contributed by atoms with Crippen LogP contribution in [-0.2, 0) is 14.3 Å². The molecule has 1 amide bonds. The van der Waals surface area contributed by atoms with E-state index in [0.29, 0.717) is 6.61 Å². The van der Waals surface area contributed by atoms with Crippen molar-refractivity contribution in [2.75, 3.05) is 13.2 Å². The number of amides is 1. The summed E-state index contributed by atoms with van der Waals surface area (Å²) in [7, 11) is 0. The van der Waals surface area contributed by atoms with Crippen LogP contribution in [0, 0.1) is 17.8 Å². The van der Waals surface area contributed by atoms with Crippen LogP contribution in [0.1, 0.15) is 13.8 Å². The smallest absolute Gasteiger partial charge is 0.405 e. The monoisotopic (exact) mass is 199 g/mol. The van der Waals surface area contributed by atoms with Gasteiger partial charge < -0.3 is 15.2 Å². The summed E-state index contributed by atoms with van der Waals surface area (Å²) < 4.78 is 9.00. The summed E-state index contributed by atoms with van der Waals surface area (Å²) in [4.78, 5) is 20.9. The van der Waals surface area contributed by atoms with Crippen LogP contribution >= 0.6 is 0 Å². The first kappa shape index (κ1) is 12.3. The van der Waals surface area contributed by atoms with E-state index in [1.807, 2.05) is 13.8 Å². The van der Waals surface area contributed by atoms with Crippen molar-refractivity contribution in [3.63, 3.8) is 0 Å². The molecule has 0 fully saturated rings. The van der Waals surface area contributed by atoms with Crippen molar-refractivity contribution in [2.45, 2.75) is 13.8 Å². The van der Waals surface area contributed by atoms with Crippen molar-refractivity contribution < 1.29 is 19.1 Å². The number of hydrogen-bond acceptors (Lipinski definition) is 4. The molecule has 0 aromatic heterocycles. The lowest BCUT2D eigenvalue weighted by atomic mass is 10.2. The van der Waals surface area contributed by atoms with E-state index in [1.54, 1.807) is 0 Å². The third kappa shape index (κ3) is 8.40. The first-order valence-electron chi connectivity index (χ1n) is 4.10. The van der Waals surface area contributed by atoms with E-state index in [4.69, 9.17) is 4.74 Å². The molecule has 14 heavy (non-hydrogen) atoms. The zero-order valence-corrected chi connectivity index (χ0v) is 8.20. The van der Waals surface area contributed by atoms with E-state index in [-0.39, 0.29) is 12.5 Å². The van der Waals surface area contributed by atoms with Crippen LogP contribution in [0.5, 0.6) is 0 Å². The molecule has 5 nitrogen and oxygen atoms in total. The second kappa shape index (κ2) is 6.78. The van der Waals surface area contributed by atoms with Gasteiger partial charge in [-0.3, -0.25) is 0 Å². The highest BCUT2D eigenvalue weighted by molar-refractivity contribution is 5.88. The van der Waals surface area contributed by atoms with Gasteiger partial charge in [0.05, 0.1) is 6.61 Å². The first-order chi connectivity index (χ1) is 6.52. The summed E-state index contributed by atoms with van der Waals surface area (Å²) in [6, 6.07) is 0. The second-order valence-corrected chi connectivity index (χ2v) is 2.90. The number of ether oxygens (including phenoxy) is 2. The zero-order chi connectivity index (χ0) is 11.0. The van der Waals surface area contributed by atoms with Gasteiger partial charge in [0.15, 0.2) is 6.61 Å². The molecule has 2 N–H and O–H groups in total.